The van der Waals surface area contributed by atoms with E-state index in [1.807, 2.05) is 49.5 Å². The Kier molecular flexibility index (Phi) is 5.51. The van der Waals surface area contributed by atoms with Gasteiger partial charge in [0.25, 0.3) is 0 Å². The van der Waals surface area contributed by atoms with E-state index in [-0.39, 0.29) is 11.8 Å². The Balaban J connectivity index is 1.54. The van der Waals surface area contributed by atoms with Gasteiger partial charge in [-0.2, -0.15) is 5.10 Å². The van der Waals surface area contributed by atoms with E-state index in [0.717, 1.165) is 23.4 Å². The van der Waals surface area contributed by atoms with Crippen LogP contribution in [-0.2, 0) is 11.3 Å². The summed E-state index contributed by atoms with van der Waals surface area (Å²) in [5, 5.41) is 7.47. The molecule has 6 heteroatoms. The van der Waals surface area contributed by atoms with Gasteiger partial charge in [-0.15, -0.1) is 0 Å². The molecule has 1 unspecified atom stereocenters. The molecule has 3 aromatic rings. The first kappa shape index (κ1) is 16.8. The maximum atomic E-state index is 12.4. The Bertz CT molecular complexity index is 801. The number of nitrogens with one attached hydrogen (secondary N) is 1. The summed E-state index contributed by atoms with van der Waals surface area (Å²) in [7, 11) is 0. The molecule has 0 spiro atoms. The van der Waals surface area contributed by atoms with Crippen molar-refractivity contribution in [3.8, 4) is 11.4 Å². The maximum absolute atomic E-state index is 12.4. The van der Waals surface area contributed by atoms with Crippen molar-refractivity contribution in [1.82, 2.24) is 25.1 Å². The van der Waals surface area contributed by atoms with Crippen molar-refractivity contribution >= 4 is 5.91 Å². The average Bonchev–Trinajstić information content (AvgIpc) is 3.13. The molecule has 0 saturated heterocycles. The van der Waals surface area contributed by atoms with Crippen LogP contribution in [-0.4, -0.2) is 32.2 Å². The normalized spacial score (nSPS) is 11.9. The first-order valence-corrected chi connectivity index (χ1v) is 8.40. The van der Waals surface area contributed by atoms with Crippen molar-refractivity contribution in [3.05, 3.63) is 66.7 Å². The van der Waals surface area contributed by atoms with E-state index in [0.29, 0.717) is 13.1 Å². The summed E-state index contributed by atoms with van der Waals surface area (Å²) in [6.45, 7) is 3.17. The third kappa shape index (κ3) is 4.29. The number of benzene rings is 1. The molecule has 1 N–H and O–H groups in total. The molecule has 1 amide bonds. The minimum Gasteiger partial charge on any atom is -0.354 e. The van der Waals surface area contributed by atoms with Gasteiger partial charge in [0.05, 0.1) is 18.7 Å². The molecule has 2 aromatic heterocycles. The first-order chi connectivity index (χ1) is 12.3. The van der Waals surface area contributed by atoms with Crippen molar-refractivity contribution in [1.29, 1.82) is 0 Å². The Morgan fingerprint density at radius 1 is 1.16 bits per heavy atom. The van der Waals surface area contributed by atoms with Gasteiger partial charge in [0, 0.05) is 25.1 Å². The molecule has 1 aromatic carbocycles. The topological polar surface area (TPSA) is 72.7 Å². The number of carbonyl (C=O) groups excluding carboxylic acids is 1. The van der Waals surface area contributed by atoms with Gasteiger partial charge in [-0.3, -0.25) is 19.4 Å². The molecule has 0 aliphatic carbocycles. The third-order valence-corrected chi connectivity index (χ3v) is 4.03. The number of aromatic nitrogens is 4. The van der Waals surface area contributed by atoms with Crippen LogP contribution in [0.2, 0.25) is 0 Å². The average molecular weight is 335 g/mol. The summed E-state index contributed by atoms with van der Waals surface area (Å²) in [6.07, 6.45) is 7.61. The van der Waals surface area contributed by atoms with Crippen molar-refractivity contribution in [3.63, 3.8) is 0 Å². The molecule has 3 rings (SSSR count). The molecule has 1 atom stereocenters. The summed E-state index contributed by atoms with van der Waals surface area (Å²) >= 11 is 0. The third-order valence-electron chi connectivity index (χ3n) is 4.03. The fraction of sp³-hybridized carbons (Fsp3) is 0.263. The van der Waals surface area contributed by atoms with E-state index in [9.17, 15) is 4.79 Å². The lowest BCUT2D eigenvalue weighted by atomic mass is 9.96. The highest BCUT2D eigenvalue weighted by atomic mass is 16.1. The molecule has 0 saturated carbocycles. The lowest BCUT2D eigenvalue weighted by Crippen LogP contribution is -2.31. The van der Waals surface area contributed by atoms with Crippen LogP contribution in [0.1, 0.15) is 24.8 Å². The van der Waals surface area contributed by atoms with Crippen LogP contribution >= 0.6 is 0 Å². The van der Waals surface area contributed by atoms with Gasteiger partial charge in [0.1, 0.15) is 11.4 Å². The van der Waals surface area contributed by atoms with Crippen molar-refractivity contribution in [2.45, 2.75) is 25.8 Å². The van der Waals surface area contributed by atoms with E-state index in [1.54, 1.807) is 23.3 Å². The Morgan fingerprint density at radius 3 is 2.72 bits per heavy atom. The van der Waals surface area contributed by atoms with Gasteiger partial charge in [0.15, 0.2) is 0 Å². The van der Waals surface area contributed by atoms with Crippen LogP contribution in [0.25, 0.3) is 11.4 Å². The Hall–Kier alpha value is -3.02. The second kappa shape index (κ2) is 8.19. The number of hydrogen-bond donors (Lipinski definition) is 1. The molecule has 0 radical (unpaired) electrons. The minimum atomic E-state index is -0.117. The first-order valence-electron chi connectivity index (χ1n) is 8.40. The molecule has 25 heavy (non-hydrogen) atoms. The quantitative estimate of drug-likeness (QED) is 0.720. The van der Waals surface area contributed by atoms with Gasteiger partial charge in [-0.25, -0.2) is 0 Å². The summed E-state index contributed by atoms with van der Waals surface area (Å²) < 4.78 is 1.80. The van der Waals surface area contributed by atoms with Crippen LogP contribution in [0.15, 0.2) is 61.2 Å². The van der Waals surface area contributed by atoms with Crippen molar-refractivity contribution < 1.29 is 4.79 Å². The molecule has 0 aliphatic heterocycles. The van der Waals surface area contributed by atoms with Crippen molar-refractivity contribution in [2.24, 2.45) is 0 Å². The summed E-state index contributed by atoms with van der Waals surface area (Å²) in [5.41, 5.74) is 2.56. The van der Waals surface area contributed by atoms with E-state index < -0.39 is 0 Å². The monoisotopic (exact) mass is 335 g/mol. The highest BCUT2D eigenvalue weighted by molar-refractivity contribution is 5.83. The SMILES string of the molecule is CCC(C(=O)NCCn1ccc(-c2cnccn2)n1)c1ccccc1. The predicted octanol–water partition coefficient (Wildman–Crippen LogP) is 2.65. The molecule has 0 fully saturated rings. The highest BCUT2D eigenvalue weighted by Gasteiger charge is 2.17. The number of rotatable bonds is 7. The van der Waals surface area contributed by atoms with Gasteiger partial charge < -0.3 is 5.32 Å². The summed E-state index contributed by atoms with van der Waals surface area (Å²) in [6, 6.07) is 11.8. The fourth-order valence-electron chi connectivity index (χ4n) is 2.73. The standard InChI is InChI=1S/C19H21N5O/c1-2-16(15-6-4-3-5-7-15)19(25)22-11-13-24-12-8-17(23-24)18-14-20-9-10-21-18/h3-10,12,14,16H,2,11,13H2,1H3,(H,22,25). The van der Waals surface area contributed by atoms with E-state index in [2.05, 4.69) is 20.4 Å². The van der Waals surface area contributed by atoms with Crippen LogP contribution in [0.3, 0.4) is 0 Å². The van der Waals surface area contributed by atoms with Crippen LogP contribution in [0, 0.1) is 0 Å². The lowest BCUT2D eigenvalue weighted by molar-refractivity contribution is -0.122. The number of amides is 1. The Morgan fingerprint density at radius 2 is 2.00 bits per heavy atom. The van der Waals surface area contributed by atoms with E-state index in [1.165, 1.54) is 0 Å². The van der Waals surface area contributed by atoms with Gasteiger partial charge >= 0.3 is 0 Å². The minimum absolute atomic E-state index is 0.0509. The predicted molar refractivity (Wildman–Crippen MR) is 95.7 cm³/mol. The zero-order chi connectivity index (χ0) is 17.5. The molecular formula is C19H21N5O. The van der Waals surface area contributed by atoms with Gasteiger partial charge in [-0.05, 0) is 18.1 Å². The summed E-state index contributed by atoms with van der Waals surface area (Å²) in [4.78, 5) is 20.7. The van der Waals surface area contributed by atoms with Crippen LogP contribution in [0.5, 0.6) is 0 Å². The lowest BCUT2D eigenvalue weighted by Gasteiger charge is -2.15. The number of nitrogens with zero attached hydrogens (tertiary/aromatic N) is 4. The molecule has 0 bridgehead atoms. The fourth-order valence-corrected chi connectivity index (χ4v) is 2.73. The number of hydrogen-bond acceptors (Lipinski definition) is 4. The van der Waals surface area contributed by atoms with E-state index >= 15 is 0 Å². The zero-order valence-electron chi connectivity index (χ0n) is 14.2. The largest absolute Gasteiger partial charge is 0.354 e. The zero-order valence-corrected chi connectivity index (χ0v) is 14.2. The van der Waals surface area contributed by atoms with Crippen LogP contribution in [0.4, 0.5) is 0 Å². The molecule has 128 valence electrons. The van der Waals surface area contributed by atoms with Gasteiger partial charge in [0.2, 0.25) is 5.91 Å². The van der Waals surface area contributed by atoms with Gasteiger partial charge in [-0.1, -0.05) is 37.3 Å². The molecular weight excluding hydrogens is 314 g/mol. The van der Waals surface area contributed by atoms with Crippen molar-refractivity contribution in [2.75, 3.05) is 6.54 Å². The van der Waals surface area contributed by atoms with Crippen LogP contribution < -0.4 is 5.32 Å². The summed E-state index contributed by atoms with van der Waals surface area (Å²) in [5.74, 6) is -0.0658. The van der Waals surface area contributed by atoms with E-state index in [4.69, 9.17) is 0 Å². The second-order valence-electron chi connectivity index (χ2n) is 5.72. The highest BCUT2D eigenvalue weighted by Crippen LogP contribution is 2.19. The molecule has 0 aliphatic rings. The molecule has 6 nitrogen and oxygen atoms in total. The number of carbonyl (C=O) groups is 1. The molecule has 2 heterocycles. The Labute approximate surface area is 146 Å². The maximum Gasteiger partial charge on any atom is 0.227 e. The smallest absolute Gasteiger partial charge is 0.227 e. The second-order valence-corrected chi connectivity index (χ2v) is 5.72.